The Kier molecular flexibility index (Phi) is 7.01. The van der Waals surface area contributed by atoms with Crippen molar-refractivity contribution in [1.29, 1.82) is 5.26 Å². The molecule has 1 aliphatic heterocycles. The van der Waals surface area contributed by atoms with Gasteiger partial charge in [0, 0.05) is 42.8 Å². The molecule has 1 aliphatic rings. The number of nitriles is 1. The standard InChI is InChI=1S/C23H25N7O.ClH/c1-14-5-3-7-19-21(14)28-23(27-17-8-9-20(25)16(11-17)12-24)29-22(19)30-10-4-6-18(13-30)26-15(2)31;/h3,5,7-9,11,18H,4,6,10,13,25H2,1-2H3,(H,26,31)(H,27,28,29);1H/t18-;/m1./s1. The number of hydrogen-bond donors (Lipinski definition) is 3. The highest BCUT2D eigenvalue weighted by Crippen LogP contribution is 2.30. The molecule has 166 valence electrons. The maximum absolute atomic E-state index is 11.5. The number of amides is 1. The zero-order valence-electron chi connectivity index (χ0n) is 18.1. The summed E-state index contributed by atoms with van der Waals surface area (Å²) < 4.78 is 0. The Morgan fingerprint density at radius 1 is 1.28 bits per heavy atom. The second-order valence-electron chi connectivity index (χ2n) is 7.87. The number of para-hydroxylation sites is 1. The molecule has 1 amide bonds. The zero-order chi connectivity index (χ0) is 22.0. The maximum atomic E-state index is 11.5. The van der Waals surface area contributed by atoms with E-state index < -0.39 is 0 Å². The molecule has 0 radical (unpaired) electrons. The van der Waals surface area contributed by atoms with Crippen LogP contribution in [0.3, 0.4) is 0 Å². The van der Waals surface area contributed by atoms with E-state index in [4.69, 9.17) is 15.7 Å². The number of fused-ring (bicyclic) bond motifs is 1. The number of carbonyl (C=O) groups is 1. The van der Waals surface area contributed by atoms with Crippen LogP contribution >= 0.6 is 12.4 Å². The molecule has 2 aromatic carbocycles. The summed E-state index contributed by atoms with van der Waals surface area (Å²) in [6.45, 7) is 5.12. The van der Waals surface area contributed by atoms with Crippen molar-refractivity contribution in [3.8, 4) is 6.07 Å². The first-order valence-corrected chi connectivity index (χ1v) is 10.3. The monoisotopic (exact) mass is 451 g/mol. The molecule has 0 unspecified atom stereocenters. The fourth-order valence-electron chi connectivity index (χ4n) is 4.01. The van der Waals surface area contributed by atoms with Crippen LogP contribution in [-0.4, -0.2) is 35.0 Å². The number of nitrogen functional groups attached to an aromatic ring is 1. The van der Waals surface area contributed by atoms with Gasteiger partial charge in [-0.15, -0.1) is 12.4 Å². The molecule has 0 saturated carbocycles. The quantitative estimate of drug-likeness (QED) is 0.517. The van der Waals surface area contributed by atoms with Gasteiger partial charge in [0.25, 0.3) is 0 Å². The van der Waals surface area contributed by atoms with Gasteiger partial charge < -0.3 is 21.3 Å². The van der Waals surface area contributed by atoms with Gasteiger partial charge in [0.1, 0.15) is 11.9 Å². The number of rotatable bonds is 4. The van der Waals surface area contributed by atoms with Crippen molar-refractivity contribution in [2.24, 2.45) is 0 Å². The number of hydrogen-bond acceptors (Lipinski definition) is 7. The van der Waals surface area contributed by atoms with E-state index in [9.17, 15) is 10.1 Å². The third-order valence-corrected chi connectivity index (χ3v) is 5.47. The Hall–Kier alpha value is -3.57. The fraction of sp³-hybridized carbons (Fsp3) is 0.304. The van der Waals surface area contributed by atoms with E-state index in [1.54, 1.807) is 25.1 Å². The molecule has 32 heavy (non-hydrogen) atoms. The van der Waals surface area contributed by atoms with E-state index in [0.717, 1.165) is 41.7 Å². The minimum absolute atomic E-state index is 0. The third kappa shape index (κ3) is 4.84. The van der Waals surface area contributed by atoms with Crippen LogP contribution in [0.15, 0.2) is 36.4 Å². The Morgan fingerprint density at radius 2 is 2.09 bits per heavy atom. The summed E-state index contributed by atoms with van der Waals surface area (Å²) in [4.78, 5) is 23.3. The first-order valence-electron chi connectivity index (χ1n) is 10.3. The van der Waals surface area contributed by atoms with Gasteiger partial charge in [0.15, 0.2) is 0 Å². The number of benzene rings is 2. The number of nitrogens with zero attached hydrogens (tertiary/aromatic N) is 4. The van der Waals surface area contributed by atoms with E-state index in [-0.39, 0.29) is 24.4 Å². The highest BCUT2D eigenvalue weighted by atomic mass is 35.5. The number of aryl methyl sites for hydroxylation is 1. The number of carbonyl (C=O) groups excluding carboxylic acids is 1. The average molecular weight is 452 g/mol. The van der Waals surface area contributed by atoms with Gasteiger partial charge in [-0.3, -0.25) is 4.79 Å². The number of piperidine rings is 1. The van der Waals surface area contributed by atoms with E-state index in [0.29, 0.717) is 29.4 Å². The highest BCUT2D eigenvalue weighted by Gasteiger charge is 2.24. The molecular formula is C23H26ClN7O. The Balaban J connectivity index is 0.00000289. The van der Waals surface area contributed by atoms with Crippen LogP contribution in [0.25, 0.3) is 10.9 Å². The summed E-state index contributed by atoms with van der Waals surface area (Å²) in [6.07, 6.45) is 1.92. The van der Waals surface area contributed by atoms with Crippen molar-refractivity contribution in [1.82, 2.24) is 15.3 Å². The van der Waals surface area contributed by atoms with Gasteiger partial charge in [-0.25, -0.2) is 4.98 Å². The Bertz CT molecular complexity index is 1190. The van der Waals surface area contributed by atoms with Crippen LogP contribution in [0.4, 0.5) is 23.1 Å². The van der Waals surface area contributed by atoms with Crippen LogP contribution in [0, 0.1) is 18.3 Å². The van der Waals surface area contributed by atoms with Crippen molar-refractivity contribution in [3.05, 3.63) is 47.5 Å². The molecular weight excluding hydrogens is 426 g/mol. The van der Waals surface area contributed by atoms with E-state index in [1.165, 1.54) is 0 Å². The lowest BCUT2D eigenvalue weighted by Gasteiger charge is -2.34. The number of anilines is 4. The molecule has 3 aromatic rings. The lowest BCUT2D eigenvalue weighted by molar-refractivity contribution is -0.119. The molecule has 1 fully saturated rings. The number of nitrogens with two attached hydrogens (primary N) is 1. The normalized spacial score (nSPS) is 15.5. The minimum Gasteiger partial charge on any atom is -0.398 e. The molecule has 1 aromatic heterocycles. The summed E-state index contributed by atoms with van der Waals surface area (Å²) in [5.41, 5.74) is 9.28. The molecule has 8 nitrogen and oxygen atoms in total. The topological polar surface area (TPSA) is 120 Å². The molecule has 0 aliphatic carbocycles. The smallest absolute Gasteiger partial charge is 0.229 e. The third-order valence-electron chi connectivity index (χ3n) is 5.47. The van der Waals surface area contributed by atoms with Gasteiger partial charge in [0.05, 0.1) is 11.1 Å². The van der Waals surface area contributed by atoms with Crippen LogP contribution in [0.2, 0.25) is 0 Å². The second kappa shape index (κ2) is 9.71. The van der Waals surface area contributed by atoms with Crippen molar-refractivity contribution in [2.45, 2.75) is 32.7 Å². The van der Waals surface area contributed by atoms with Crippen LogP contribution in [0.1, 0.15) is 30.9 Å². The fourth-order valence-corrected chi connectivity index (χ4v) is 4.01. The maximum Gasteiger partial charge on any atom is 0.229 e. The highest BCUT2D eigenvalue weighted by molar-refractivity contribution is 5.93. The van der Waals surface area contributed by atoms with Gasteiger partial charge in [0.2, 0.25) is 11.9 Å². The molecule has 0 spiro atoms. The van der Waals surface area contributed by atoms with Crippen molar-refractivity contribution in [3.63, 3.8) is 0 Å². The lowest BCUT2D eigenvalue weighted by atomic mass is 10.0. The number of halogens is 1. The van der Waals surface area contributed by atoms with Gasteiger partial charge in [-0.05, 0) is 49.6 Å². The first kappa shape index (κ1) is 23.1. The first-order chi connectivity index (χ1) is 14.9. The van der Waals surface area contributed by atoms with Crippen molar-refractivity contribution < 1.29 is 4.79 Å². The molecule has 1 atom stereocenters. The lowest BCUT2D eigenvalue weighted by Crippen LogP contribution is -2.47. The largest absolute Gasteiger partial charge is 0.398 e. The molecule has 0 bridgehead atoms. The van der Waals surface area contributed by atoms with Crippen molar-refractivity contribution >= 4 is 52.4 Å². The molecule has 4 N–H and O–H groups in total. The van der Waals surface area contributed by atoms with Gasteiger partial charge in [-0.2, -0.15) is 10.2 Å². The molecule has 1 saturated heterocycles. The van der Waals surface area contributed by atoms with E-state index in [1.807, 2.05) is 25.1 Å². The van der Waals surface area contributed by atoms with E-state index >= 15 is 0 Å². The van der Waals surface area contributed by atoms with Crippen LogP contribution in [0.5, 0.6) is 0 Å². The second-order valence-corrected chi connectivity index (χ2v) is 7.87. The van der Waals surface area contributed by atoms with Crippen LogP contribution < -0.4 is 21.3 Å². The van der Waals surface area contributed by atoms with Gasteiger partial charge >= 0.3 is 0 Å². The summed E-state index contributed by atoms with van der Waals surface area (Å²) >= 11 is 0. The van der Waals surface area contributed by atoms with Crippen LogP contribution in [-0.2, 0) is 4.79 Å². The predicted molar refractivity (Wildman–Crippen MR) is 129 cm³/mol. The molecule has 4 rings (SSSR count). The predicted octanol–water partition coefficient (Wildman–Crippen LogP) is 3.66. The SMILES string of the molecule is CC(=O)N[C@@H]1CCCN(c2nc(Nc3ccc(N)c(C#N)c3)nc3c(C)cccc23)C1.Cl. The summed E-state index contributed by atoms with van der Waals surface area (Å²) in [6, 6.07) is 13.4. The Labute approximate surface area is 193 Å². The average Bonchev–Trinajstić information content (AvgIpc) is 2.75. The molecule has 2 heterocycles. The summed E-state index contributed by atoms with van der Waals surface area (Å²) in [5.74, 6) is 1.27. The van der Waals surface area contributed by atoms with E-state index in [2.05, 4.69) is 21.6 Å². The Morgan fingerprint density at radius 3 is 2.84 bits per heavy atom. The zero-order valence-corrected chi connectivity index (χ0v) is 18.9. The number of aromatic nitrogens is 2. The summed E-state index contributed by atoms with van der Waals surface area (Å²) in [5, 5.41) is 16.5. The minimum atomic E-state index is -0.0192. The number of nitrogens with one attached hydrogen (secondary N) is 2. The molecule has 9 heteroatoms. The van der Waals surface area contributed by atoms with Gasteiger partial charge in [-0.1, -0.05) is 12.1 Å². The summed E-state index contributed by atoms with van der Waals surface area (Å²) in [7, 11) is 0. The van der Waals surface area contributed by atoms with Crippen molar-refractivity contribution in [2.75, 3.05) is 29.0 Å².